The van der Waals surface area contributed by atoms with E-state index in [2.05, 4.69) is 9.97 Å². The normalized spacial score (nSPS) is 11.2. The van der Waals surface area contributed by atoms with Gasteiger partial charge >= 0.3 is 24.1 Å². The molecule has 0 saturated heterocycles. The maximum absolute atomic E-state index is 12.8. The number of benzene rings is 1. The van der Waals surface area contributed by atoms with Crippen LogP contribution in [-0.4, -0.2) is 37.1 Å². The molecule has 160 valence electrons. The Morgan fingerprint density at radius 2 is 1.77 bits per heavy atom. The number of hydrogen-bond donors (Lipinski definition) is 4. The predicted molar refractivity (Wildman–Crippen MR) is 97.9 cm³/mol. The Bertz CT molecular complexity index is 1260. The summed E-state index contributed by atoms with van der Waals surface area (Å²) in [6.45, 7) is 0. The molecule has 3 aromatic rings. The molecule has 0 fully saturated rings. The first-order chi connectivity index (χ1) is 14.5. The summed E-state index contributed by atoms with van der Waals surface area (Å²) in [4.78, 5) is 44.1. The number of aromatic carboxylic acids is 2. The number of aromatic amines is 1. The molecule has 0 aliphatic rings. The fraction of sp³-hybridized carbons (Fsp3) is 0.0556. The Kier molecular flexibility index (Phi) is 5.34. The van der Waals surface area contributed by atoms with Crippen LogP contribution in [0.2, 0.25) is 0 Å². The lowest BCUT2D eigenvalue weighted by Crippen LogP contribution is -2.24. The highest BCUT2D eigenvalue weighted by molar-refractivity contribution is 6.07. The number of halogens is 3. The zero-order valence-corrected chi connectivity index (χ0v) is 15.1. The van der Waals surface area contributed by atoms with Crippen LogP contribution in [0.15, 0.2) is 41.3 Å². The van der Waals surface area contributed by atoms with Gasteiger partial charge in [-0.15, -0.1) is 0 Å². The van der Waals surface area contributed by atoms with E-state index in [9.17, 15) is 37.8 Å². The van der Waals surface area contributed by atoms with Crippen molar-refractivity contribution in [2.75, 3.05) is 5.73 Å². The molecule has 0 aliphatic heterocycles. The van der Waals surface area contributed by atoms with Crippen LogP contribution in [0, 0.1) is 0 Å². The standard InChI is InChI=1S/C18H11F3N4O6/c19-18(20,21)9-4-5-23-17(24-9)31-8-3-1-2-7(6-8)10-11(15(27)28)13(22)25-14(26)12(10)16(29)30/h1-6H,(H,27,28)(H,29,30)(H3,22,25,26). The monoisotopic (exact) mass is 436 g/mol. The molecule has 0 amide bonds. The van der Waals surface area contributed by atoms with Crippen molar-refractivity contribution < 1.29 is 37.7 Å². The van der Waals surface area contributed by atoms with Gasteiger partial charge in [-0.25, -0.2) is 14.6 Å². The number of carboxylic acid groups (broad SMARTS) is 2. The third-order valence-electron chi connectivity index (χ3n) is 3.93. The fourth-order valence-corrected chi connectivity index (χ4v) is 2.70. The van der Waals surface area contributed by atoms with E-state index < -0.39 is 57.9 Å². The van der Waals surface area contributed by atoms with E-state index in [0.29, 0.717) is 6.07 Å². The maximum atomic E-state index is 12.8. The molecule has 5 N–H and O–H groups in total. The smallest absolute Gasteiger partial charge is 0.433 e. The van der Waals surface area contributed by atoms with E-state index >= 15 is 0 Å². The number of carbonyl (C=O) groups is 2. The number of rotatable bonds is 5. The minimum atomic E-state index is -4.74. The number of pyridine rings is 1. The van der Waals surface area contributed by atoms with Crippen LogP contribution in [0.3, 0.4) is 0 Å². The third kappa shape index (κ3) is 4.29. The molecule has 0 atom stereocenters. The second-order valence-electron chi connectivity index (χ2n) is 5.96. The first kappa shape index (κ1) is 21.3. The zero-order valence-electron chi connectivity index (χ0n) is 15.1. The van der Waals surface area contributed by atoms with Gasteiger partial charge in [0.25, 0.3) is 5.56 Å². The first-order valence-corrected chi connectivity index (χ1v) is 8.20. The van der Waals surface area contributed by atoms with Crippen molar-refractivity contribution in [3.05, 3.63) is 63.7 Å². The molecule has 2 heterocycles. The van der Waals surface area contributed by atoms with Gasteiger partial charge in [0.15, 0.2) is 5.69 Å². The molecule has 3 rings (SSSR count). The topological polar surface area (TPSA) is 168 Å². The summed E-state index contributed by atoms with van der Waals surface area (Å²) in [6, 6.07) is 4.94. The third-order valence-corrected chi connectivity index (χ3v) is 3.93. The average molecular weight is 436 g/mol. The first-order valence-electron chi connectivity index (χ1n) is 8.20. The van der Waals surface area contributed by atoms with Crippen molar-refractivity contribution >= 4 is 17.8 Å². The van der Waals surface area contributed by atoms with Crippen LogP contribution < -0.4 is 16.0 Å². The summed E-state index contributed by atoms with van der Waals surface area (Å²) in [6.07, 6.45) is -3.91. The van der Waals surface area contributed by atoms with Gasteiger partial charge in [0.1, 0.15) is 22.7 Å². The van der Waals surface area contributed by atoms with Crippen molar-refractivity contribution in [3.8, 4) is 22.9 Å². The van der Waals surface area contributed by atoms with E-state index in [4.69, 9.17) is 10.5 Å². The van der Waals surface area contributed by atoms with Crippen LogP contribution in [0.1, 0.15) is 26.4 Å². The zero-order chi connectivity index (χ0) is 22.9. The quantitative estimate of drug-likeness (QED) is 0.470. The lowest BCUT2D eigenvalue weighted by atomic mass is 9.95. The Morgan fingerprint density at radius 1 is 1.10 bits per heavy atom. The molecule has 0 saturated carbocycles. The van der Waals surface area contributed by atoms with Crippen LogP contribution >= 0.6 is 0 Å². The number of nitrogen functional groups attached to an aromatic ring is 1. The molecule has 31 heavy (non-hydrogen) atoms. The van der Waals surface area contributed by atoms with E-state index in [0.717, 1.165) is 12.3 Å². The van der Waals surface area contributed by atoms with Gasteiger partial charge in [-0.2, -0.15) is 18.2 Å². The molecule has 2 aromatic heterocycles. The van der Waals surface area contributed by atoms with Gasteiger partial charge in [0.05, 0.1) is 0 Å². The highest BCUT2D eigenvalue weighted by Gasteiger charge is 2.33. The number of aromatic nitrogens is 3. The summed E-state index contributed by atoms with van der Waals surface area (Å²) < 4.78 is 43.6. The second kappa shape index (κ2) is 7.78. The van der Waals surface area contributed by atoms with Gasteiger partial charge in [-0.3, -0.25) is 4.79 Å². The number of hydrogen-bond acceptors (Lipinski definition) is 7. The molecule has 10 nitrogen and oxygen atoms in total. The average Bonchev–Trinajstić information content (AvgIpc) is 2.66. The number of anilines is 1. The number of nitrogens with one attached hydrogen (secondary N) is 1. The molecule has 1 aromatic carbocycles. The largest absolute Gasteiger partial charge is 0.478 e. The Morgan fingerprint density at radius 3 is 2.39 bits per heavy atom. The number of carboxylic acids is 2. The van der Waals surface area contributed by atoms with Gasteiger partial charge in [0.2, 0.25) is 0 Å². The molecule has 0 bridgehead atoms. The predicted octanol–water partition coefficient (Wildman–Crippen LogP) is 2.62. The van der Waals surface area contributed by atoms with Crippen molar-refractivity contribution in [1.29, 1.82) is 0 Å². The van der Waals surface area contributed by atoms with Gasteiger partial charge in [-0.05, 0) is 23.8 Å². The van der Waals surface area contributed by atoms with E-state index in [1.54, 1.807) is 0 Å². The van der Waals surface area contributed by atoms with E-state index in [-0.39, 0.29) is 11.3 Å². The highest BCUT2D eigenvalue weighted by Crippen LogP contribution is 2.33. The number of ether oxygens (including phenoxy) is 1. The van der Waals surface area contributed by atoms with Gasteiger partial charge in [0, 0.05) is 11.8 Å². The Labute approximate surface area is 169 Å². The molecule has 0 aliphatic carbocycles. The summed E-state index contributed by atoms with van der Waals surface area (Å²) in [5.41, 5.74) is 0.999. The van der Waals surface area contributed by atoms with Gasteiger partial charge in [-0.1, -0.05) is 12.1 Å². The number of alkyl halides is 3. The number of nitrogens with two attached hydrogens (primary N) is 1. The minimum Gasteiger partial charge on any atom is -0.478 e. The summed E-state index contributed by atoms with van der Waals surface area (Å²) in [5, 5.41) is 18.9. The SMILES string of the molecule is Nc1[nH]c(=O)c(C(=O)O)c(-c2cccc(Oc3nccc(C(F)(F)F)n3)c2)c1C(=O)O. The lowest BCUT2D eigenvalue weighted by molar-refractivity contribution is -0.141. The molecular weight excluding hydrogens is 425 g/mol. The molecule has 0 unspecified atom stereocenters. The fourth-order valence-electron chi connectivity index (χ4n) is 2.70. The Balaban J connectivity index is 2.14. The van der Waals surface area contributed by atoms with Crippen molar-refractivity contribution in [2.45, 2.75) is 6.18 Å². The van der Waals surface area contributed by atoms with E-state index in [1.807, 2.05) is 4.98 Å². The summed E-state index contributed by atoms with van der Waals surface area (Å²) in [5.74, 6) is -4.06. The Hall–Kier alpha value is -4.42. The molecule has 13 heteroatoms. The maximum Gasteiger partial charge on any atom is 0.433 e. The summed E-state index contributed by atoms with van der Waals surface area (Å²) >= 11 is 0. The van der Waals surface area contributed by atoms with Crippen LogP contribution in [0.4, 0.5) is 19.0 Å². The van der Waals surface area contributed by atoms with Crippen LogP contribution in [0.25, 0.3) is 11.1 Å². The van der Waals surface area contributed by atoms with Crippen LogP contribution in [0.5, 0.6) is 11.8 Å². The highest BCUT2D eigenvalue weighted by atomic mass is 19.4. The van der Waals surface area contributed by atoms with Crippen molar-refractivity contribution in [2.24, 2.45) is 0 Å². The number of H-pyrrole nitrogens is 1. The van der Waals surface area contributed by atoms with Crippen molar-refractivity contribution in [3.63, 3.8) is 0 Å². The lowest BCUT2D eigenvalue weighted by Gasteiger charge is -2.13. The molecular formula is C18H11F3N4O6. The summed E-state index contributed by atoms with van der Waals surface area (Å²) in [7, 11) is 0. The van der Waals surface area contributed by atoms with Gasteiger partial charge < -0.3 is 25.7 Å². The van der Waals surface area contributed by atoms with Crippen LogP contribution in [-0.2, 0) is 6.18 Å². The number of nitrogens with zero attached hydrogens (tertiary/aromatic N) is 2. The second-order valence-corrected chi connectivity index (χ2v) is 5.96. The minimum absolute atomic E-state index is 0.0999. The van der Waals surface area contributed by atoms with Crippen molar-refractivity contribution in [1.82, 2.24) is 15.0 Å². The molecule has 0 spiro atoms. The molecule has 0 radical (unpaired) electrons. The van der Waals surface area contributed by atoms with E-state index in [1.165, 1.54) is 18.2 Å².